The van der Waals surface area contributed by atoms with Crippen molar-refractivity contribution in [3.63, 3.8) is 0 Å². The van der Waals surface area contributed by atoms with Gasteiger partial charge < -0.3 is 10.6 Å². The van der Waals surface area contributed by atoms with Crippen LogP contribution in [-0.2, 0) is 9.59 Å². The summed E-state index contributed by atoms with van der Waals surface area (Å²) in [7, 11) is 0. The fourth-order valence-corrected chi connectivity index (χ4v) is 3.31. The number of nitrogens with one attached hydrogen (secondary N) is 2. The second kappa shape index (κ2) is 8.81. The number of carbonyl (C=O) groups is 2. The first-order chi connectivity index (χ1) is 11.9. The molecule has 2 amide bonds. The van der Waals surface area contributed by atoms with Crippen molar-refractivity contribution in [3.8, 4) is 0 Å². The van der Waals surface area contributed by atoms with Gasteiger partial charge in [-0.1, -0.05) is 64.0 Å². The molecule has 0 aromatic heterocycles. The third-order valence-electron chi connectivity index (χ3n) is 4.00. The van der Waals surface area contributed by atoms with E-state index >= 15 is 0 Å². The minimum Gasteiger partial charge on any atom is -0.349 e. The maximum absolute atomic E-state index is 12.5. The number of hydrogen-bond donors (Lipinski definition) is 2. The lowest BCUT2D eigenvalue weighted by Crippen LogP contribution is -2.33. The van der Waals surface area contributed by atoms with Crippen molar-refractivity contribution in [2.24, 2.45) is 0 Å². The molecule has 0 heterocycles. The molecule has 5 heteroatoms. The molecule has 4 nitrogen and oxygen atoms in total. The van der Waals surface area contributed by atoms with Crippen LogP contribution in [0.3, 0.4) is 0 Å². The molecule has 0 bridgehead atoms. The van der Waals surface area contributed by atoms with Crippen LogP contribution in [0.15, 0.2) is 53.0 Å². The van der Waals surface area contributed by atoms with Gasteiger partial charge in [0, 0.05) is 11.4 Å². The SMILES string of the molecule is CC(=O)N[C@@H](CC(=O)N[C@@H](C)c1ccccc1Br)c1ccc(C)cc1. The number of carbonyl (C=O) groups excluding carboxylic acids is 2. The molecule has 0 fully saturated rings. The van der Waals surface area contributed by atoms with Crippen molar-refractivity contribution in [3.05, 3.63) is 69.7 Å². The van der Waals surface area contributed by atoms with Crippen LogP contribution in [0.2, 0.25) is 0 Å². The van der Waals surface area contributed by atoms with Crippen molar-refractivity contribution >= 4 is 27.7 Å². The molecule has 0 spiro atoms. The highest BCUT2D eigenvalue weighted by atomic mass is 79.9. The molecule has 0 radical (unpaired) electrons. The highest BCUT2D eigenvalue weighted by molar-refractivity contribution is 9.10. The van der Waals surface area contributed by atoms with E-state index < -0.39 is 0 Å². The van der Waals surface area contributed by atoms with Crippen molar-refractivity contribution in [1.29, 1.82) is 0 Å². The van der Waals surface area contributed by atoms with Gasteiger partial charge in [-0.15, -0.1) is 0 Å². The van der Waals surface area contributed by atoms with Crippen molar-refractivity contribution in [2.75, 3.05) is 0 Å². The van der Waals surface area contributed by atoms with E-state index in [0.717, 1.165) is 21.2 Å². The summed E-state index contributed by atoms with van der Waals surface area (Å²) in [6.07, 6.45) is 0.192. The average Bonchev–Trinajstić information content (AvgIpc) is 2.54. The predicted molar refractivity (Wildman–Crippen MR) is 103 cm³/mol. The lowest BCUT2D eigenvalue weighted by Gasteiger charge is -2.21. The highest BCUT2D eigenvalue weighted by Crippen LogP contribution is 2.23. The molecule has 2 aromatic rings. The Bertz CT molecular complexity index is 744. The number of halogens is 1. The zero-order valence-corrected chi connectivity index (χ0v) is 16.3. The van der Waals surface area contributed by atoms with Crippen LogP contribution in [0.4, 0.5) is 0 Å². The summed E-state index contributed by atoms with van der Waals surface area (Å²) in [5, 5.41) is 5.86. The summed E-state index contributed by atoms with van der Waals surface area (Å²) in [5.41, 5.74) is 3.07. The molecule has 25 heavy (non-hydrogen) atoms. The Kier molecular flexibility index (Phi) is 6.76. The van der Waals surface area contributed by atoms with Crippen LogP contribution in [0.25, 0.3) is 0 Å². The molecule has 0 aliphatic carbocycles. The average molecular weight is 403 g/mol. The molecule has 0 aliphatic rings. The van der Waals surface area contributed by atoms with Crippen molar-refractivity contribution in [1.82, 2.24) is 10.6 Å². The summed E-state index contributed by atoms with van der Waals surface area (Å²) in [5.74, 6) is -0.264. The number of amides is 2. The van der Waals surface area contributed by atoms with E-state index in [4.69, 9.17) is 0 Å². The first-order valence-corrected chi connectivity index (χ1v) is 9.03. The van der Waals surface area contributed by atoms with E-state index in [-0.39, 0.29) is 30.3 Å². The van der Waals surface area contributed by atoms with E-state index in [0.29, 0.717) is 0 Å². The van der Waals surface area contributed by atoms with Gasteiger partial charge in [-0.05, 0) is 31.0 Å². The third-order valence-corrected chi connectivity index (χ3v) is 4.72. The Hall–Kier alpha value is -2.14. The zero-order valence-electron chi connectivity index (χ0n) is 14.7. The molecule has 132 valence electrons. The van der Waals surface area contributed by atoms with Gasteiger partial charge in [0.1, 0.15) is 0 Å². The predicted octanol–water partition coefficient (Wildman–Crippen LogP) is 4.20. The normalized spacial score (nSPS) is 13.0. The fraction of sp³-hybridized carbons (Fsp3) is 0.300. The molecular formula is C20H23BrN2O2. The van der Waals surface area contributed by atoms with E-state index in [2.05, 4.69) is 26.6 Å². The number of hydrogen-bond acceptors (Lipinski definition) is 2. The van der Waals surface area contributed by atoms with Crippen LogP contribution >= 0.6 is 15.9 Å². The maximum atomic E-state index is 12.5. The summed E-state index contributed by atoms with van der Waals surface area (Å²) in [6, 6.07) is 15.2. The van der Waals surface area contributed by atoms with E-state index in [1.165, 1.54) is 6.92 Å². The van der Waals surface area contributed by atoms with Gasteiger partial charge in [0.15, 0.2) is 0 Å². The molecule has 0 saturated carbocycles. The van der Waals surface area contributed by atoms with E-state index in [1.807, 2.05) is 62.4 Å². The molecular weight excluding hydrogens is 380 g/mol. The van der Waals surface area contributed by atoms with Crippen LogP contribution < -0.4 is 10.6 Å². The quantitative estimate of drug-likeness (QED) is 0.760. The Morgan fingerprint density at radius 3 is 2.28 bits per heavy atom. The molecule has 0 aliphatic heterocycles. The molecule has 0 saturated heterocycles. The van der Waals surface area contributed by atoms with Crippen molar-refractivity contribution in [2.45, 2.75) is 39.3 Å². The zero-order chi connectivity index (χ0) is 18.4. The lowest BCUT2D eigenvalue weighted by molar-refractivity contribution is -0.123. The van der Waals surface area contributed by atoms with Gasteiger partial charge >= 0.3 is 0 Å². The summed E-state index contributed by atoms with van der Waals surface area (Å²) < 4.78 is 0.958. The summed E-state index contributed by atoms with van der Waals surface area (Å²) >= 11 is 3.51. The van der Waals surface area contributed by atoms with Gasteiger partial charge in [0.05, 0.1) is 18.5 Å². The molecule has 0 unspecified atom stereocenters. The minimum absolute atomic E-state index is 0.109. The standard InChI is InChI=1S/C20H23BrN2O2/c1-13-8-10-16(11-9-13)19(23-15(3)24)12-20(25)22-14(2)17-6-4-5-7-18(17)21/h4-11,14,19H,12H2,1-3H3,(H,22,25)(H,23,24)/t14-,19-/m0/s1. The van der Waals surface area contributed by atoms with Crippen LogP contribution in [0.1, 0.15) is 49.0 Å². The van der Waals surface area contributed by atoms with Crippen molar-refractivity contribution < 1.29 is 9.59 Å². The van der Waals surface area contributed by atoms with Crippen LogP contribution in [0.5, 0.6) is 0 Å². The number of benzene rings is 2. The topological polar surface area (TPSA) is 58.2 Å². The Balaban J connectivity index is 2.07. The first kappa shape index (κ1) is 19.2. The molecule has 2 atom stereocenters. The Morgan fingerprint density at radius 1 is 1.04 bits per heavy atom. The Morgan fingerprint density at radius 2 is 1.68 bits per heavy atom. The second-order valence-electron chi connectivity index (χ2n) is 6.18. The van der Waals surface area contributed by atoms with Crippen LogP contribution in [0, 0.1) is 6.92 Å². The minimum atomic E-state index is -0.343. The highest BCUT2D eigenvalue weighted by Gasteiger charge is 2.19. The second-order valence-corrected chi connectivity index (χ2v) is 7.03. The maximum Gasteiger partial charge on any atom is 0.222 e. The van der Waals surface area contributed by atoms with Gasteiger partial charge in [-0.25, -0.2) is 0 Å². The Labute approximate surface area is 157 Å². The lowest BCUT2D eigenvalue weighted by atomic mass is 10.0. The smallest absolute Gasteiger partial charge is 0.222 e. The summed E-state index contributed by atoms with van der Waals surface area (Å²) in [4.78, 5) is 24.0. The number of aryl methyl sites for hydroxylation is 1. The van der Waals surface area contributed by atoms with Crippen LogP contribution in [-0.4, -0.2) is 11.8 Å². The first-order valence-electron chi connectivity index (χ1n) is 8.24. The summed E-state index contributed by atoms with van der Waals surface area (Å²) in [6.45, 7) is 5.41. The van der Waals surface area contributed by atoms with Gasteiger partial charge in [-0.2, -0.15) is 0 Å². The monoisotopic (exact) mass is 402 g/mol. The molecule has 2 aromatic carbocycles. The fourth-order valence-electron chi connectivity index (χ4n) is 2.69. The molecule has 2 rings (SSSR count). The van der Waals surface area contributed by atoms with E-state index in [1.54, 1.807) is 0 Å². The molecule has 2 N–H and O–H groups in total. The largest absolute Gasteiger partial charge is 0.349 e. The van der Waals surface area contributed by atoms with Gasteiger partial charge in [0.2, 0.25) is 11.8 Å². The third kappa shape index (κ3) is 5.71. The van der Waals surface area contributed by atoms with Gasteiger partial charge in [-0.3, -0.25) is 9.59 Å². The van der Waals surface area contributed by atoms with Gasteiger partial charge in [0.25, 0.3) is 0 Å². The number of rotatable bonds is 6. The van der Waals surface area contributed by atoms with E-state index in [9.17, 15) is 9.59 Å².